The average Bonchev–Trinajstić information content (AvgIpc) is 2.61. The molecule has 2 N–H and O–H groups in total. The summed E-state index contributed by atoms with van der Waals surface area (Å²) in [5.74, 6) is 0.0946. The highest BCUT2D eigenvalue weighted by atomic mass is 127. The minimum absolute atomic E-state index is 0.0522. The van der Waals surface area contributed by atoms with Crippen molar-refractivity contribution < 1.29 is 14.3 Å². The summed E-state index contributed by atoms with van der Waals surface area (Å²) in [6.45, 7) is 3.79. The first-order chi connectivity index (χ1) is 11.9. The lowest BCUT2D eigenvalue weighted by molar-refractivity contribution is -0.118. The monoisotopic (exact) mass is 452 g/mol. The van der Waals surface area contributed by atoms with Crippen LogP contribution in [0.25, 0.3) is 0 Å². The molecular formula is C19H21IN2O3. The van der Waals surface area contributed by atoms with Gasteiger partial charge in [-0.25, -0.2) is 0 Å². The summed E-state index contributed by atoms with van der Waals surface area (Å²) in [4.78, 5) is 25.1. The van der Waals surface area contributed by atoms with Crippen molar-refractivity contribution in [3.8, 4) is 5.75 Å². The van der Waals surface area contributed by atoms with E-state index in [2.05, 4.69) is 33.2 Å². The Morgan fingerprint density at radius 2 is 1.68 bits per heavy atom. The zero-order chi connectivity index (χ0) is 18.4. The van der Waals surface area contributed by atoms with Crippen LogP contribution in [0.4, 0.5) is 5.69 Å². The van der Waals surface area contributed by atoms with E-state index in [1.165, 1.54) is 0 Å². The molecule has 132 valence electrons. The van der Waals surface area contributed by atoms with Crippen molar-refractivity contribution in [1.82, 2.24) is 5.32 Å². The van der Waals surface area contributed by atoms with Crippen molar-refractivity contribution in [2.75, 3.05) is 12.4 Å². The highest BCUT2D eigenvalue weighted by molar-refractivity contribution is 14.1. The number of halogens is 1. The van der Waals surface area contributed by atoms with Gasteiger partial charge in [0.05, 0.1) is 12.8 Å². The van der Waals surface area contributed by atoms with Gasteiger partial charge in [0.15, 0.2) is 0 Å². The van der Waals surface area contributed by atoms with Gasteiger partial charge in [0.2, 0.25) is 5.91 Å². The van der Waals surface area contributed by atoms with Gasteiger partial charge in [0, 0.05) is 9.13 Å². The standard InChI is InChI=1S/C19H21IN2O3/c1-12(2)17(19(24)21-16-7-5-4-6-15(16)20)22-18(23)13-8-10-14(25-3)11-9-13/h4-12,17H,1-3H3,(H,21,24)(H,22,23). The Kier molecular flexibility index (Phi) is 6.81. The number of ether oxygens (including phenoxy) is 1. The predicted octanol–water partition coefficient (Wildman–Crippen LogP) is 3.69. The van der Waals surface area contributed by atoms with E-state index in [9.17, 15) is 9.59 Å². The molecule has 0 aliphatic heterocycles. The highest BCUT2D eigenvalue weighted by Crippen LogP contribution is 2.18. The molecule has 0 fully saturated rings. The van der Waals surface area contributed by atoms with Crippen LogP contribution in [0.2, 0.25) is 0 Å². The smallest absolute Gasteiger partial charge is 0.251 e. The number of benzene rings is 2. The molecule has 0 spiro atoms. The maximum absolute atomic E-state index is 12.6. The van der Waals surface area contributed by atoms with E-state index in [0.717, 1.165) is 9.26 Å². The zero-order valence-corrected chi connectivity index (χ0v) is 16.5. The largest absolute Gasteiger partial charge is 0.497 e. The fourth-order valence-corrected chi connectivity index (χ4v) is 2.80. The number of nitrogens with one attached hydrogen (secondary N) is 2. The Bertz CT molecular complexity index is 745. The summed E-state index contributed by atoms with van der Waals surface area (Å²) in [6, 6.07) is 13.6. The number of amides is 2. The third-order valence-corrected chi connectivity index (χ3v) is 4.66. The van der Waals surface area contributed by atoms with Crippen LogP contribution in [-0.4, -0.2) is 25.0 Å². The van der Waals surface area contributed by atoms with Gasteiger partial charge in [0.1, 0.15) is 11.8 Å². The molecule has 0 aromatic heterocycles. The number of carbonyl (C=O) groups is 2. The SMILES string of the molecule is COc1ccc(C(=O)NC(C(=O)Nc2ccccc2I)C(C)C)cc1. The van der Waals surface area contributed by atoms with Gasteiger partial charge >= 0.3 is 0 Å². The normalized spacial score (nSPS) is 11.7. The number of methoxy groups -OCH3 is 1. The number of anilines is 1. The molecule has 0 aliphatic carbocycles. The molecular weight excluding hydrogens is 431 g/mol. The molecule has 0 aliphatic rings. The van der Waals surface area contributed by atoms with Gasteiger partial charge in [0.25, 0.3) is 5.91 Å². The minimum Gasteiger partial charge on any atom is -0.497 e. The summed E-state index contributed by atoms with van der Waals surface area (Å²) in [6.07, 6.45) is 0. The second-order valence-corrected chi connectivity index (χ2v) is 7.05. The van der Waals surface area contributed by atoms with E-state index in [-0.39, 0.29) is 17.7 Å². The van der Waals surface area contributed by atoms with E-state index >= 15 is 0 Å². The number of para-hydroxylation sites is 1. The second kappa shape index (κ2) is 8.84. The molecule has 0 saturated heterocycles. The fraction of sp³-hybridized carbons (Fsp3) is 0.263. The zero-order valence-electron chi connectivity index (χ0n) is 14.4. The van der Waals surface area contributed by atoms with Crippen LogP contribution in [0.1, 0.15) is 24.2 Å². The van der Waals surface area contributed by atoms with Crippen molar-refractivity contribution in [3.63, 3.8) is 0 Å². The van der Waals surface area contributed by atoms with Crippen LogP contribution >= 0.6 is 22.6 Å². The van der Waals surface area contributed by atoms with Crippen molar-refractivity contribution >= 4 is 40.1 Å². The van der Waals surface area contributed by atoms with E-state index in [1.807, 2.05) is 38.1 Å². The molecule has 6 heteroatoms. The van der Waals surface area contributed by atoms with Gasteiger partial charge in [-0.05, 0) is 64.9 Å². The molecule has 2 aromatic rings. The van der Waals surface area contributed by atoms with Crippen molar-refractivity contribution in [3.05, 3.63) is 57.7 Å². The molecule has 2 amide bonds. The number of hydrogen-bond donors (Lipinski definition) is 2. The lowest BCUT2D eigenvalue weighted by atomic mass is 10.0. The third-order valence-electron chi connectivity index (χ3n) is 3.72. The van der Waals surface area contributed by atoms with Crippen molar-refractivity contribution in [2.24, 2.45) is 5.92 Å². The molecule has 1 atom stereocenters. The first-order valence-corrected chi connectivity index (χ1v) is 9.00. The Labute approximate surface area is 161 Å². The van der Waals surface area contributed by atoms with Gasteiger partial charge in [-0.1, -0.05) is 26.0 Å². The maximum Gasteiger partial charge on any atom is 0.251 e. The summed E-state index contributed by atoms with van der Waals surface area (Å²) in [5, 5.41) is 5.70. The lowest BCUT2D eigenvalue weighted by Crippen LogP contribution is -2.47. The lowest BCUT2D eigenvalue weighted by Gasteiger charge is -2.22. The third kappa shape index (κ3) is 5.19. The van der Waals surface area contributed by atoms with Crippen LogP contribution in [0.5, 0.6) is 5.75 Å². The highest BCUT2D eigenvalue weighted by Gasteiger charge is 2.25. The molecule has 0 radical (unpaired) electrons. The minimum atomic E-state index is -0.634. The Hall–Kier alpha value is -2.09. The van der Waals surface area contributed by atoms with Gasteiger partial charge in [-0.15, -0.1) is 0 Å². The van der Waals surface area contributed by atoms with E-state index in [1.54, 1.807) is 31.4 Å². The predicted molar refractivity (Wildman–Crippen MR) is 107 cm³/mol. The second-order valence-electron chi connectivity index (χ2n) is 5.89. The summed E-state index contributed by atoms with van der Waals surface area (Å²) >= 11 is 2.16. The summed E-state index contributed by atoms with van der Waals surface area (Å²) in [7, 11) is 1.57. The Morgan fingerprint density at radius 1 is 1.04 bits per heavy atom. The maximum atomic E-state index is 12.6. The van der Waals surface area contributed by atoms with Crippen LogP contribution in [-0.2, 0) is 4.79 Å². The van der Waals surface area contributed by atoms with E-state index in [0.29, 0.717) is 11.3 Å². The van der Waals surface area contributed by atoms with Gasteiger partial charge < -0.3 is 15.4 Å². The quantitative estimate of drug-likeness (QED) is 0.658. The summed E-state index contributed by atoms with van der Waals surface area (Å²) in [5.41, 5.74) is 1.21. The number of hydrogen-bond acceptors (Lipinski definition) is 3. The Balaban J connectivity index is 2.10. The topological polar surface area (TPSA) is 67.4 Å². The van der Waals surface area contributed by atoms with Crippen LogP contribution in [0.3, 0.4) is 0 Å². The number of carbonyl (C=O) groups excluding carboxylic acids is 2. The molecule has 0 saturated carbocycles. The first-order valence-electron chi connectivity index (χ1n) is 7.92. The number of rotatable bonds is 6. The van der Waals surface area contributed by atoms with Gasteiger partial charge in [-0.3, -0.25) is 9.59 Å². The van der Waals surface area contributed by atoms with E-state index < -0.39 is 6.04 Å². The van der Waals surface area contributed by atoms with E-state index in [4.69, 9.17) is 4.74 Å². The summed E-state index contributed by atoms with van der Waals surface area (Å²) < 4.78 is 6.03. The van der Waals surface area contributed by atoms with Crippen molar-refractivity contribution in [2.45, 2.75) is 19.9 Å². The molecule has 0 heterocycles. The molecule has 1 unspecified atom stereocenters. The molecule has 2 aromatic carbocycles. The molecule has 0 bridgehead atoms. The molecule has 25 heavy (non-hydrogen) atoms. The van der Waals surface area contributed by atoms with Crippen LogP contribution in [0.15, 0.2) is 48.5 Å². The molecule has 5 nitrogen and oxygen atoms in total. The Morgan fingerprint density at radius 3 is 2.24 bits per heavy atom. The first kappa shape index (κ1) is 19.2. The van der Waals surface area contributed by atoms with Crippen LogP contribution in [0, 0.1) is 9.49 Å². The van der Waals surface area contributed by atoms with Gasteiger partial charge in [-0.2, -0.15) is 0 Å². The molecule has 2 rings (SSSR count). The van der Waals surface area contributed by atoms with Crippen LogP contribution < -0.4 is 15.4 Å². The fourth-order valence-electron chi connectivity index (χ4n) is 2.27. The van der Waals surface area contributed by atoms with Crippen molar-refractivity contribution in [1.29, 1.82) is 0 Å². The average molecular weight is 452 g/mol.